The third-order valence-electron chi connectivity index (χ3n) is 3.30. The number of hydrogen-bond donors (Lipinski definition) is 1. The van der Waals surface area contributed by atoms with Crippen LogP contribution in [0.4, 0.5) is 5.82 Å². The Morgan fingerprint density at radius 2 is 2.19 bits per heavy atom. The van der Waals surface area contributed by atoms with Crippen LogP contribution < -0.4 is 10.5 Å². The normalized spacial score (nSPS) is 21.1. The van der Waals surface area contributed by atoms with Crippen molar-refractivity contribution in [2.75, 3.05) is 31.6 Å². The molecule has 0 unspecified atom stereocenters. The summed E-state index contributed by atoms with van der Waals surface area (Å²) < 4.78 is 0. The van der Waals surface area contributed by atoms with E-state index in [2.05, 4.69) is 40.7 Å². The van der Waals surface area contributed by atoms with Crippen LogP contribution in [0.15, 0.2) is 17.2 Å². The van der Waals surface area contributed by atoms with Crippen molar-refractivity contribution in [2.24, 2.45) is 0 Å². The lowest BCUT2D eigenvalue weighted by Crippen LogP contribution is -2.58. The molecule has 0 radical (unpaired) electrons. The van der Waals surface area contributed by atoms with E-state index in [0.717, 1.165) is 25.5 Å². The Morgan fingerprint density at radius 3 is 2.81 bits per heavy atom. The fraction of sp³-hybridized carbons (Fsp3) is 0.636. The molecule has 1 aliphatic rings. The zero-order chi connectivity index (χ0) is 11.8. The number of aromatic nitrogens is 2. The lowest BCUT2D eigenvalue weighted by molar-refractivity contribution is 0.138. The summed E-state index contributed by atoms with van der Waals surface area (Å²) >= 11 is 0. The topological polar surface area (TPSA) is 52.2 Å². The number of rotatable bonds is 1. The molecular formula is C11H18N4O. The quantitative estimate of drug-likeness (QED) is 0.742. The molecule has 0 amide bonds. The van der Waals surface area contributed by atoms with Gasteiger partial charge in [-0.2, -0.15) is 0 Å². The molecular weight excluding hydrogens is 204 g/mol. The van der Waals surface area contributed by atoms with Gasteiger partial charge in [-0.15, -0.1) is 0 Å². The van der Waals surface area contributed by atoms with Gasteiger partial charge in [-0.1, -0.05) is 0 Å². The summed E-state index contributed by atoms with van der Waals surface area (Å²) in [7, 11) is 2.13. The summed E-state index contributed by atoms with van der Waals surface area (Å²) in [4.78, 5) is 22.5. The van der Waals surface area contributed by atoms with E-state index >= 15 is 0 Å². The minimum atomic E-state index is -0.0956. The van der Waals surface area contributed by atoms with E-state index in [1.165, 1.54) is 6.33 Å². The van der Waals surface area contributed by atoms with Crippen LogP contribution in [0.25, 0.3) is 0 Å². The Morgan fingerprint density at radius 1 is 1.44 bits per heavy atom. The van der Waals surface area contributed by atoms with Crippen molar-refractivity contribution in [3.05, 3.63) is 22.7 Å². The summed E-state index contributed by atoms with van der Waals surface area (Å²) in [6.45, 7) is 7.19. The molecule has 1 aromatic rings. The summed E-state index contributed by atoms with van der Waals surface area (Å²) in [5.41, 5.74) is 0.0180. The lowest BCUT2D eigenvalue weighted by Gasteiger charge is -2.45. The molecule has 1 fully saturated rings. The monoisotopic (exact) mass is 222 g/mol. The van der Waals surface area contributed by atoms with E-state index in [4.69, 9.17) is 0 Å². The van der Waals surface area contributed by atoms with Crippen LogP contribution in [0.3, 0.4) is 0 Å². The molecule has 0 bridgehead atoms. The van der Waals surface area contributed by atoms with Gasteiger partial charge in [0.15, 0.2) is 0 Å². The number of likely N-dealkylation sites (N-methyl/N-ethyl adjacent to an activating group) is 1. The summed E-state index contributed by atoms with van der Waals surface area (Å²) in [5.74, 6) is 0.768. The largest absolute Gasteiger partial charge is 0.353 e. The summed E-state index contributed by atoms with van der Waals surface area (Å²) in [6, 6.07) is 1.56. The highest BCUT2D eigenvalue weighted by molar-refractivity contribution is 5.38. The fourth-order valence-electron chi connectivity index (χ4n) is 1.97. The van der Waals surface area contributed by atoms with E-state index in [-0.39, 0.29) is 11.1 Å². The fourth-order valence-corrected chi connectivity index (χ4v) is 1.97. The molecule has 2 rings (SSSR count). The van der Waals surface area contributed by atoms with Gasteiger partial charge in [0.25, 0.3) is 5.56 Å². The highest BCUT2D eigenvalue weighted by atomic mass is 16.1. The molecule has 1 aliphatic heterocycles. The van der Waals surface area contributed by atoms with Crippen molar-refractivity contribution in [2.45, 2.75) is 19.4 Å². The third-order valence-corrected chi connectivity index (χ3v) is 3.30. The predicted molar refractivity (Wildman–Crippen MR) is 63.8 cm³/mol. The van der Waals surface area contributed by atoms with Crippen molar-refractivity contribution in [3.63, 3.8) is 0 Å². The van der Waals surface area contributed by atoms with E-state index < -0.39 is 0 Å². The average Bonchev–Trinajstić information content (AvgIpc) is 2.22. The van der Waals surface area contributed by atoms with Crippen molar-refractivity contribution in [1.29, 1.82) is 0 Å². The highest BCUT2D eigenvalue weighted by Crippen LogP contribution is 2.21. The SMILES string of the molecule is CN1CCN(c2cc(=O)[nH]cn2)CC1(C)C. The Balaban J connectivity index is 2.21. The second kappa shape index (κ2) is 3.90. The van der Waals surface area contributed by atoms with Gasteiger partial charge in [0.05, 0.1) is 6.33 Å². The number of nitrogens with zero attached hydrogens (tertiary/aromatic N) is 3. The highest BCUT2D eigenvalue weighted by Gasteiger charge is 2.31. The smallest absolute Gasteiger partial charge is 0.252 e. The summed E-state index contributed by atoms with van der Waals surface area (Å²) in [6.07, 6.45) is 1.46. The minimum absolute atomic E-state index is 0.0956. The number of piperazine rings is 1. The summed E-state index contributed by atoms with van der Waals surface area (Å²) in [5, 5.41) is 0. The first kappa shape index (κ1) is 11.1. The number of anilines is 1. The third kappa shape index (κ3) is 2.09. The van der Waals surface area contributed by atoms with Gasteiger partial charge in [-0.05, 0) is 20.9 Å². The van der Waals surface area contributed by atoms with Crippen LogP contribution >= 0.6 is 0 Å². The Kier molecular flexibility index (Phi) is 2.71. The van der Waals surface area contributed by atoms with Crippen LogP contribution in [-0.2, 0) is 0 Å². The first-order valence-electron chi connectivity index (χ1n) is 5.50. The molecule has 88 valence electrons. The maximum absolute atomic E-state index is 11.2. The maximum atomic E-state index is 11.2. The van der Waals surface area contributed by atoms with Gasteiger partial charge < -0.3 is 9.88 Å². The predicted octanol–water partition coefficient (Wildman–Crippen LogP) is 0.300. The molecule has 1 saturated heterocycles. The molecule has 0 spiro atoms. The number of nitrogens with one attached hydrogen (secondary N) is 1. The van der Waals surface area contributed by atoms with E-state index in [1.54, 1.807) is 6.07 Å². The number of H-pyrrole nitrogens is 1. The zero-order valence-electron chi connectivity index (χ0n) is 10.0. The first-order valence-corrected chi connectivity index (χ1v) is 5.50. The van der Waals surface area contributed by atoms with E-state index in [1.807, 2.05) is 0 Å². The lowest BCUT2D eigenvalue weighted by atomic mass is 10.00. The van der Waals surface area contributed by atoms with E-state index in [0.29, 0.717) is 0 Å². The number of aromatic amines is 1. The molecule has 0 saturated carbocycles. The van der Waals surface area contributed by atoms with Crippen molar-refractivity contribution in [1.82, 2.24) is 14.9 Å². The van der Waals surface area contributed by atoms with Crippen LogP contribution in [-0.4, -0.2) is 47.1 Å². The molecule has 0 aliphatic carbocycles. The van der Waals surface area contributed by atoms with E-state index in [9.17, 15) is 4.79 Å². The Bertz CT molecular complexity index is 426. The van der Waals surface area contributed by atoms with Crippen molar-refractivity contribution < 1.29 is 0 Å². The number of hydrogen-bond acceptors (Lipinski definition) is 4. The van der Waals surface area contributed by atoms with Crippen LogP contribution in [0.5, 0.6) is 0 Å². The van der Waals surface area contributed by atoms with Crippen LogP contribution in [0.1, 0.15) is 13.8 Å². The van der Waals surface area contributed by atoms with Gasteiger partial charge >= 0.3 is 0 Å². The van der Waals surface area contributed by atoms with Crippen molar-refractivity contribution in [3.8, 4) is 0 Å². The Hall–Kier alpha value is -1.36. The second-order valence-electron chi connectivity index (χ2n) is 4.92. The van der Waals surface area contributed by atoms with Crippen molar-refractivity contribution >= 4 is 5.82 Å². The molecule has 5 heteroatoms. The zero-order valence-corrected chi connectivity index (χ0v) is 10.0. The van der Waals surface area contributed by atoms with Gasteiger partial charge in [-0.3, -0.25) is 9.69 Å². The minimum Gasteiger partial charge on any atom is -0.353 e. The molecule has 0 aromatic carbocycles. The van der Waals surface area contributed by atoms with Gasteiger partial charge in [-0.25, -0.2) is 4.98 Å². The second-order valence-corrected chi connectivity index (χ2v) is 4.92. The molecule has 1 aromatic heterocycles. The van der Waals surface area contributed by atoms with Gasteiger partial charge in [0.2, 0.25) is 0 Å². The average molecular weight is 222 g/mol. The van der Waals surface area contributed by atoms with Gasteiger partial charge in [0.1, 0.15) is 5.82 Å². The van der Waals surface area contributed by atoms with Crippen LogP contribution in [0, 0.1) is 0 Å². The Labute approximate surface area is 95.1 Å². The molecule has 16 heavy (non-hydrogen) atoms. The van der Waals surface area contributed by atoms with Crippen LogP contribution in [0.2, 0.25) is 0 Å². The molecule has 1 N–H and O–H groups in total. The molecule has 2 heterocycles. The first-order chi connectivity index (χ1) is 7.49. The molecule has 5 nitrogen and oxygen atoms in total. The van der Waals surface area contributed by atoms with Gasteiger partial charge in [0, 0.05) is 31.2 Å². The molecule has 0 atom stereocenters. The standard InChI is InChI=1S/C11H18N4O/c1-11(2)7-15(5-4-14(11)3)9-6-10(16)13-8-12-9/h6,8H,4-5,7H2,1-3H3,(H,12,13,16). The maximum Gasteiger partial charge on any atom is 0.252 e.